The summed E-state index contributed by atoms with van der Waals surface area (Å²) in [6.45, 7) is 0. The van der Waals surface area contributed by atoms with Gasteiger partial charge in [-0.2, -0.15) is 5.10 Å². The van der Waals surface area contributed by atoms with E-state index in [2.05, 4.69) is 43.3 Å². The Hall–Kier alpha value is -4.19. The lowest BCUT2D eigenvalue weighted by atomic mass is 10.1. The fourth-order valence-corrected chi connectivity index (χ4v) is 3.46. The molecular weight excluding hydrogens is 374 g/mol. The van der Waals surface area contributed by atoms with Crippen LogP contribution in [0, 0.1) is 0 Å². The minimum absolute atomic E-state index is 0.748. The molecule has 0 radical (unpaired) electrons. The summed E-state index contributed by atoms with van der Waals surface area (Å²) in [6, 6.07) is 27.9. The van der Waals surface area contributed by atoms with Crippen LogP contribution in [0.2, 0.25) is 0 Å². The van der Waals surface area contributed by atoms with Gasteiger partial charge in [-0.25, -0.2) is 0 Å². The minimum atomic E-state index is 0.748. The summed E-state index contributed by atoms with van der Waals surface area (Å²) in [7, 11) is 1.66. The first-order valence-electron chi connectivity index (χ1n) is 9.59. The average molecular weight is 393 g/mol. The molecule has 0 atom stereocenters. The monoisotopic (exact) mass is 393 g/mol. The van der Waals surface area contributed by atoms with E-state index in [4.69, 9.17) is 4.74 Å². The van der Waals surface area contributed by atoms with E-state index in [0.29, 0.717) is 0 Å². The summed E-state index contributed by atoms with van der Waals surface area (Å²) >= 11 is 0. The highest BCUT2D eigenvalue weighted by Crippen LogP contribution is 2.27. The lowest BCUT2D eigenvalue weighted by Gasteiger charge is -2.08. The number of nitrogens with zero attached hydrogens (tertiary/aromatic N) is 4. The molecular formula is C24H19N5O. The minimum Gasteiger partial charge on any atom is -0.497 e. The maximum atomic E-state index is 5.28. The third-order valence-corrected chi connectivity index (χ3v) is 4.93. The van der Waals surface area contributed by atoms with Gasteiger partial charge in [0, 0.05) is 11.1 Å². The maximum absolute atomic E-state index is 5.28. The van der Waals surface area contributed by atoms with E-state index in [1.54, 1.807) is 13.3 Å². The molecule has 0 aliphatic heterocycles. The van der Waals surface area contributed by atoms with Crippen LogP contribution in [0.1, 0.15) is 5.56 Å². The van der Waals surface area contributed by atoms with Gasteiger partial charge >= 0.3 is 0 Å². The van der Waals surface area contributed by atoms with Gasteiger partial charge in [0.1, 0.15) is 5.75 Å². The second-order valence-corrected chi connectivity index (χ2v) is 6.81. The number of methoxy groups -OCH3 is 1. The first-order valence-corrected chi connectivity index (χ1v) is 9.59. The molecule has 2 heterocycles. The highest BCUT2D eigenvalue weighted by Gasteiger charge is 2.14. The van der Waals surface area contributed by atoms with Crippen molar-refractivity contribution in [2.45, 2.75) is 0 Å². The Morgan fingerprint density at radius 1 is 0.900 bits per heavy atom. The van der Waals surface area contributed by atoms with Crippen molar-refractivity contribution < 1.29 is 4.74 Å². The lowest BCUT2D eigenvalue weighted by molar-refractivity contribution is 0.415. The zero-order valence-electron chi connectivity index (χ0n) is 16.4. The van der Waals surface area contributed by atoms with Crippen LogP contribution < -0.4 is 10.2 Å². The van der Waals surface area contributed by atoms with E-state index < -0.39 is 0 Å². The van der Waals surface area contributed by atoms with E-state index in [-0.39, 0.29) is 0 Å². The van der Waals surface area contributed by atoms with Crippen LogP contribution in [0.25, 0.3) is 27.9 Å². The first-order chi connectivity index (χ1) is 14.8. The summed E-state index contributed by atoms with van der Waals surface area (Å²) in [5, 5.41) is 14.4. The standard InChI is InChI=1S/C24H19N5O/c1-30-21-13-11-17(12-14-21)23-27-28-24-19(16-25-26-20-8-3-2-4-9-20)15-18-7-5-6-10-22(18)29(23)24/h2-16,26H,1H3/b25-16+. The fraction of sp³-hybridized carbons (Fsp3) is 0.0417. The Balaban J connectivity index is 1.63. The molecule has 0 aliphatic carbocycles. The number of hydrogen-bond donors (Lipinski definition) is 1. The maximum Gasteiger partial charge on any atom is 0.170 e. The van der Waals surface area contributed by atoms with Crippen LogP contribution >= 0.6 is 0 Å². The van der Waals surface area contributed by atoms with E-state index in [9.17, 15) is 0 Å². The zero-order valence-corrected chi connectivity index (χ0v) is 16.4. The van der Waals surface area contributed by atoms with Gasteiger partial charge in [-0.3, -0.25) is 9.83 Å². The molecule has 1 N–H and O–H groups in total. The largest absolute Gasteiger partial charge is 0.497 e. The number of benzene rings is 3. The van der Waals surface area contributed by atoms with Gasteiger partial charge in [-0.15, -0.1) is 10.2 Å². The SMILES string of the molecule is COc1ccc(-c2nnc3c(/C=N/Nc4ccccc4)cc4ccccc4n23)cc1. The molecule has 5 aromatic rings. The highest BCUT2D eigenvalue weighted by atomic mass is 16.5. The number of hydrazone groups is 1. The van der Waals surface area contributed by atoms with Gasteiger partial charge in [-0.1, -0.05) is 36.4 Å². The van der Waals surface area contributed by atoms with Gasteiger partial charge in [0.15, 0.2) is 11.5 Å². The fourth-order valence-electron chi connectivity index (χ4n) is 3.46. The number of aromatic nitrogens is 3. The second-order valence-electron chi connectivity index (χ2n) is 6.81. The van der Waals surface area contributed by atoms with E-state index in [1.165, 1.54) is 0 Å². The molecule has 0 amide bonds. The number of nitrogens with one attached hydrogen (secondary N) is 1. The van der Waals surface area contributed by atoms with Crippen molar-refractivity contribution in [3.63, 3.8) is 0 Å². The number of para-hydroxylation sites is 2. The number of ether oxygens (including phenoxy) is 1. The molecule has 0 aliphatic rings. The van der Waals surface area contributed by atoms with Gasteiger partial charge in [0.05, 0.1) is 24.5 Å². The molecule has 0 saturated heterocycles. The number of anilines is 1. The van der Waals surface area contributed by atoms with Crippen molar-refractivity contribution in [1.82, 2.24) is 14.6 Å². The highest BCUT2D eigenvalue weighted by molar-refractivity contribution is 5.96. The molecule has 2 aromatic heterocycles. The molecule has 30 heavy (non-hydrogen) atoms. The van der Waals surface area contributed by atoms with Gasteiger partial charge in [-0.05, 0) is 53.9 Å². The van der Waals surface area contributed by atoms with Crippen molar-refractivity contribution in [3.8, 4) is 17.1 Å². The molecule has 0 saturated carbocycles. The summed E-state index contributed by atoms with van der Waals surface area (Å²) in [6.07, 6.45) is 1.78. The Bertz CT molecular complexity index is 1340. The van der Waals surface area contributed by atoms with Crippen LogP contribution in [0.15, 0.2) is 90.0 Å². The number of pyridine rings is 1. The Labute approximate surface area is 173 Å². The summed E-state index contributed by atoms with van der Waals surface area (Å²) < 4.78 is 7.35. The van der Waals surface area contributed by atoms with Crippen molar-refractivity contribution >= 4 is 28.5 Å². The molecule has 0 spiro atoms. The van der Waals surface area contributed by atoms with Crippen molar-refractivity contribution in [2.24, 2.45) is 5.10 Å². The van der Waals surface area contributed by atoms with Crippen LogP contribution in [-0.2, 0) is 0 Å². The van der Waals surface area contributed by atoms with E-state index in [1.807, 2.05) is 66.7 Å². The predicted molar refractivity (Wildman–Crippen MR) is 120 cm³/mol. The van der Waals surface area contributed by atoms with E-state index >= 15 is 0 Å². The lowest BCUT2D eigenvalue weighted by Crippen LogP contribution is -1.98. The Morgan fingerprint density at radius 2 is 1.67 bits per heavy atom. The van der Waals surface area contributed by atoms with Crippen LogP contribution in [0.4, 0.5) is 5.69 Å². The molecule has 5 rings (SSSR count). The molecule has 6 heteroatoms. The smallest absolute Gasteiger partial charge is 0.170 e. The molecule has 6 nitrogen and oxygen atoms in total. The molecule has 0 fully saturated rings. The van der Waals surface area contributed by atoms with Crippen LogP contribution in [0.5, 0.6) is 5.75 Å². The summed E-state index contributed by atoms with van der Waals surface area (Å²) in [5.41, 5.74) is 7.61. The Morgan fingerprint density at radius 3 is 2.47 bits per heavy atom. The van der Waals surface area contributed by atoms with Gasteiger partial charge in [0.2, 0.25) is 0 Å². The number of hydrogen-bond acceptors (Lipinski definition) is 5. The molecule has 0 unspecified atom stereocenters. The third-order valence-electron chi connectivity index (χ3n) is 4.93. The van der Waals surface area contributed by atoms with Crippen molar-refractivity contribution in [1.29, 1.82) is 0 Å². The Kier molecular flexibility index (Phi) is 4.57. The van der Waals surface area contributed by atoms with Gasteiger partial charge in [0.25, 0.3) is 0 Å². The van der Waals surface area contributed by atoms with Crippen molar-refractivity contribution in [2.75, 3.05) is 12.5 Å². The number of fused-ring (bicyclic) bond motifs is 3. The second kappa shape index (κ2) is 7.67. The van der Waals surface area contributed by atoms with Crippen LogP contribution in [0.3, 0.4) is 0 Å². The van der Waals surface area contributed by atoms with Gasteiger partial charge < -0.3 is 4.74 Å². The normalized spacial score (nSPS) is 11.4. The molecule has 3 aromatic carbocycles. The van der Waals surface area contributed by atoms with E-state index in [0.717, 1.165) is 44.9 Å². The van der Waals surface area contributed by atoms with Crippen molar-refractivity contribution in [3.05, 3.63) is 90.5 Å². The molecule has 0 bridgehead atoms. The summed E-state index contributed by atoms with van der Waals surface area (Å²) in [4.78, 5) is 0. The average Bonchev–Trinajstić information content (AvgIpc) is 3.26. The zero-order chi connectivity index (χ0) is 20.3. The quantitative estimate of drug-likeness (QED) is 0.337. The number of rotatable bonds is 5. The topological polar surface area (TPSA) is 63.8 Å². The van der Waals surface area contributed by atoms with Crippen LogP contribution in [-0.4, -0.2) is 27.9 Å². The molecule has 146 valence electrons. The predicted octanol–water partition coefficient (Wildman–Crippen LogP) is 5.00. The first kappa shape index (κ1) is 17.9. The summed E-state index contributed by atoms with van der Waals surface area (Å²) in [5.74, 6) is 1.58. The third kappa shape index (κ3) is 3.24.